The standard InChI is InChI=1S/C28H24N4O3S2/c1-19-7-5-6-10-21(19)17-24(31-26(34)20-8-3-2-4-9-20)27(35)30-22-11-13-23(14-12-22)37-18-25(33)32-28-29-15-16-36-28/h2-17H,18H2,1H3,(H,30,35)(H,31,34)(H,29,32,33)/b24-17-. The van der Waals surface area contributed by atoms with Crippen molar-refractivity contribution >= 4 is 57.7 Å². The van der Waals surface area contributed by atoms with E-state index in [1.54, 1.807) is 54.1 Å². The van der Waals surface area contributed by atoms with E-state index in [0.29, 0.717) is 16.4 Å². The minimum atomic E-state index is -0.448. The fraction of sp³-hybridized carbons (Fsp3) is 0.0714. The van der Waals surface area contributed by atoms with E-state index < -0.39 is 5.91 Å². The van der Waals surface area contributed by atoms with Crippen LogP contribution >= 0.6 is 23.1 Å². The van der Waals surface area contributed by atoms with Gasteiger partial charge in [0, 0.05) is 27.7 Å². The molecule has 0 saturated heterocycles. The Morgan fingerprint density at radius 2 is 1.65 bits per heavy atom. The SMILES string of the molecule is Cc1ccccc1/C=C(\NC(=O)c1ccccc1)C(=O)Nc1ccc(SCC(=O)Nc2nccs2)cc1. The molecule has 0 aliphatic rings. The van der Waals surface area contributed by atoms with E-state index in [9.17, 15) is 14.4 Å². The zero-order valence-corrected chi connectivity index (χ0v) is 21.6. The van der Waals surface area contributed by atoms with Crippen molar-refractivity contribution in [2.24, 2.45) is 0 Å². The molecule has 0 radical (unpaired) electrons. The summed E-state index contributed by atoms with van der Waals surface area (Å²) in [6, 6.07) is 23.5. The number of hydrogen-bond donors (Lipinski definition) is 3. The third-order valence-corrected chi connectivity index (χ3v) is 6.88. The van der Waals surface area contributed by atoms with E-state index in [2.05, 4.69) is 20.9 Å². The van der Waals surface area contributed by atoms with Crippen LogP contribution in [0, 0.1) is 6.92 Å². The molecule has 1 heterocycles. The van der Waals surface area contributed by atoms with Gasteiger partial charge in [0.15, 0.2) is 5.13 Å². The van der Waals surface area contributed by atoms with Gasteiger partial charge in [-0.1, -0.05) is 42.5 Å². The third kappa shape index (κ3) is 7.63. The number of hydrogen-bond acceptors (Lipinski definition) is 6. The Balaban J connectivity index is 1.43. The largest absolute Gasteiger partial charge is 0.321 e. The monoisotopic (exact) mass is 528 g/mol. The first-order valence-electron chi connectivity index (χ1n) is 11.4. The van der Waals surface area contributed by atoms with E-state index in [1.165, 1.54) is 23.1 Å². The maximum absolute atomic E-state index is 13.2. The molecule has 9 heteroatoms. The molecule has 0 saturated carbocycles. The van der Waals surface area contributed by atoms with Gasteiger partial charge in [0.05, 0.1) is 5.75 Å². The van der Waals surface area contributed by atoms with Crippen molar-refractivity contribution < 1.29 is 14.4 Å². The highest BCUT2D eigenvalue weighted by Gasteiger charge is 2.15. The van der Waals surface area contributed by atoms with Gasteiger partial charge < -0.3 is 16.0 Å². The van der Waals surface area contributed by atoms with Crippen molar-refractivity contribution in [2.75, 3.05) is 16.4 Å². The summed E-state index contributed by atoms with van der Waals surface area (Å²) in [7, 11) is 0. The van der Waals surface area contributed by atoms with Crippen LogP contribution in [-0.4, -0.2) is 28.5 Å². The number of carbonyl (C=O) groups is 3. The molecule has 3 amide bonds. The van der Waals surface area contributed by atoms with Crippen LogP contribution < -0.4 is 16.0 Å². The van der Waals surface area contributed by atoms with Crippen molar-refractivity contribution in [3.8, 4) is 0 Å². The molecular weight excluding hydrogens is 504 g/mol. The van der Waals surface area contributed by atoms with Crippen molar-refractivity contribution in [3.05, 3.63) is 113 Å². The Bertz CT molecular complexity index is 1400. The number of carbonyl (C=O) groups excluding carboxylic acids is 3. The van der Waals surface area contributed by atoms with E-state index in [0.717, 1.165) is 16.0 Å². The lowest BCUT2D eigenvalue weighted by atomic mass is 10.1. The number of nitrogens with one attached hydrogen (secondary N) is 3. The van der Waals surface area contributed by atoms with Gasteiger partial charge in [-0.05, 0) is 60.5 Å². The number of anilines is 2. The average molecular weight is 529 g/mol. The Morgan fingerprint density at radius 3 is 2.35 bits per heavy atom. The third-order valence-electron chi connectivity index (χ3n) is 5.18. The predicted octanol–water partition coefficient (Wildman–Crippen LogP) is 5.59. The molecule has 0 aliphatic carbocycles. The van der Waals surface area contributed by atoms with Crippen molar-refractivity contribution in [2.45, 2.75) is 11.8 Å². The van der Waals surface area contributed by atoms with Gasteiger partial charge in [0.25, 0.3) is 11.8 Å². The fourth-order valence-electron chi connectivity index (χ4n) is 3.27. The first-order valence-corrected chi connectivity index (χ1v) is 13.2. The molecule has 0 bridgehead atoms. The van der Waals surface area contributed by atoms with Gasteiger partial charge >= 0.3 is 0 Å². The van der Waals surface area contributed by atoms with Crippen molar-refractivity contribution in [1.82, 2.24) is 10.3 Å². The van der Waals surface area contributed by atoms with Crippen molar-refractivity contribution in [3.63, 3.8) is 0 Å². The normalized spacial score (nSPS) is 11.0. The molecule has 3 N–H and O–H groups in total. The van der Waals surface area contributed by atoms with Crippen molar-refractivity contribution in [1.29, 1.82) is 0 Å². The zero-order valence-electron chi connectivity index (χ0n) is 19.9. The highest BCUT2D eigenvalue weighted by molar-refractivity contribution is 8.00. The predicted molar refractivity (Wildman–Crippen MR) is 150 cm³/mol. The van der Waals surface area contributed by atoms with Gasteiger partial charge in [-0.3, -0.25) is 14.4 Å². The second kappa shape index (κ2) is 12.7. The summed E-state index contributed by atoms with van der Waals surface area (Å²) in [4.78, 5) is 43.0. The van der Waals surface area contributed by atoms with Crippen LogP contribution in [-0.2, 0) is 9.59 Å². The maximum Gasteiger partial charge on any atom is 0.272 e. The second-order valence-corrected chi connectivity index (χ2v) is 9.83. The van der Waals surface area contributed by atoms with E-state index in [1.807, 2.05) is 49.4 Å². The topological polar surface area (TPSA) is 100 Å². The quantitative estimate of drug-likeness (QED) is 0.194. The lowest BCUT2D eigenvalue weighted by molar-refractivity contribution is -0.114. The number of rotatable bonds is 9. The number of benzene rings is 3. The lowest BCUT2D eigenvalue weighted by Gasteiger charge is -2.12. The van der Waals surface area contributed by atoms with Gasteiger partial charge in [-0.15, -0.1) is 23.1 Å². The summed E-state index contributed by atoms with van der Waals surface area (Å²) in [6.45, 7) is 1.94. The molecule has 0 unspecified atom stereocenters. The number of thiazole rings is 1. The zero-order chi connectivity index (χ0) is 26.0. The van der Waals surface area contributed by atoms with Gasteiger partial charge in [0.1, 0.15) is 5.70 Å². The van der Waals surface area contributed by atoms with Crippen LogP contribution in [0.25, 0.3) is 6.08 Å². The van der Waals surface area contributed by atoms with E-state index in [4.69, 9.17) is 0 Å². The summed E-state index contributed by atoms with van der Waals surface area (Å²) in [5.74, 6) is -0.730. The highest BCUT2D eigenvalue weighted by Crippen LogP contribution is 2.22. The number of nitrogens with zero attached hydrogens (tertiary/aromatic N) is 1. The van der Waals surface area contributed by atoms with Gasteiger partial charge in [-0.2, -0.15) is 0 Å². The molecule has 4 aromatic rings. The molecule has 3 aromatic carbocycles. The summed E-state index contributed by atoms with van der Waals surface area (Å²) in [5.41, 5.74) is 2.93. The van der Waals surface area contributed by atoms with Crippen LogP contribution in [0.2, 0.25) is 0 Å². The van der Waals surface area contributed by atoms with Crippen LogP contribution in [0.3, 0.4) is 0 Å². The molecule has 186 valence electrons. The Morgan fingerprint density at radius 1 is 0.919 bits per heavy atom. The number of aromatic nitrogens is 1. The van der Waals surface area contributed by atoms with E-state index in [-0.39, 0.29) is 23.3 Å². The Labute approximate surface area is 223 Å². The minimum Gasteiger partial charge on any atom is -0.321 e. The van der Waals surface area contributed by atoms with E-state index >= 15 is 0 Å². The number of thioether (sulfide) groups is 1. The average Bonchev–Trinajstić information content (AvgIpc) is 3.42. The Kier molecular flexibility index (Phi) is 8.85. The van der Waals surface area contributed by atoms with Gasteiger partial charge in [0.2, 0.25) is 5.91 Å². The smallest absolute Gasteiger partial charge is 0.272 e. The van der Waals surface area contributed by atoms with Crippen LogP contribution in [0.5, 0.6) is 0 Å². The molecule has 0 fully saturated rings. The summed E-state index contributed by atoms with van der Waals surface area (Å²) >= 11 is 2.74. The number of aryl methyl sites for hydroxylation is 1. The molecule has 0 atom stereocenters. The molecule has 7 nitrogen and oxygen atoms in total. The second-order valence-electron chi connectivity index (χ2n) is 7.89. The maximum atomic E-state index is 13.2. The van der Waals surface area contributed by atoms with Crippen LogP contribution in [0.4, 0.5) is 10.8 Å². The minimum absolute atomic E-state index is 0.125. The summed E-state index contributed by atoms with van der Waals surface area (Å²) < 4.78 is 0. The molecule has 4 rings (SSSR count). The Hall–Kier alpha value is -4.21. The molecule has 0 aliphatic heterocycles. The number of amides is 3. The fourth-order valence-corrected chi connectivity index (χ4v) is 4.51. The lowest BCUT2D eigenvalue weighted by Crippen LogP contribution is -2.30. The highest BCUT2D eigenvalue weighted by atomic mass is 32.2. The first-order chi connectivity index (χ1) is 18.0. The molecule has 1 aromatic heterocycles. The van der Waals surface area contributed by atoms with Crippen LogP contribution in [0.15, 0.2) is 101 Å². The first kappa shape index (κ1) is 25.9. The molecular formula is C28H24N4O3S2. The molecule has 0 spiro atoms. The van der Waals surface area contributed by atoms with Crippen LogP contribution in [0.1, 0.15) is 21.5 Å². The van der Waals surface area contributed by atoms with Gasteiger partial charge in [-0.25, -0.2) is 4.98 Å². The summed E-state index contributed by atoms with van der Waals surface area (Å²) in [5, 5.41) is 10.7. The molecule has 37 heavy (non-hydrogen) atoms. The summed E-state index contributed by atoms with van der Waals surface area (Å²) in [6.07, 6.45) is 3.30.